The molecule has 0 aliphatic rings. The molecule has 0 saturated carbocycles. The minimum Gasteiger partial charge on any atom is -0.493 e. The van der Waals surface area contributed by atoms with Crippen LogP contribution in [0.15, 0.2) is 23.6 Å². The van der Waals surface area contributed by atoms with E-state index in [1.165, 1.54) is 0 Å². The van der Waals surface area contributed by atoms with Crippen molar-refractivity contribution >= 4 is 17.0 Å². The number of methoxy groups -OCH3 is 3. The summed E-state index contributed by atoms with van der Waals surface area (Å²) < 4.78 is 16.0. The zero-order chi connectivity index (χ0) is 15.2. The van der Waals surface area contributed by atoms with Gasteiger partial charge < -0.3 is 25.3 Å². The first kappa shape index (κ1) is 15.5. The summed E-state index contributed by atoms with van der Waals surface area (Å²) in [5.74, 6) is 1.92. The van der Waals surface area contributed by atoms with Crippen LogP contribution in [0.3, 0.4) is 0 Å². The molecule has 2 aromatic rings. The lowest BCUT2D eigenvalue weighted by Crippen LogP contribution is -2.13. The van der Waals surface area contributed by atoms with Crippen molar-refractivity contribution in [1.82, 2.24) is 5.32 Å². The standard InChI is InChI=1S/C15H20N2O3S/c1-18-12-6-10(7-13(19-2)15(12)20-3)8-17-9-14-11(16)4-5-21-14/h4-7,17H,8-9,16H2,1-3H3. The summed E-state index contributed by atoms with van der Waals surface area (Å²) in [5, 5.41) is 5.36. The van der Waals surface area contributed by atoms with E-state index in [2.05, 4.69) is 5.32 Å². The molecule has 1 aromatic heterocycles. The van der Waals surface area contributed by atoms with E-state index in [1.54, 1.807) is 32.7 Å². The van der Waals surface area contributed by atoms with Gasteiger partial charge in [0.25, 0.3) is 0 Å². The molecule has 2 rings (SSSR count). The van der Waals surface area contributed by atoms with Gasteiger partial charge in [0.1, 0.15) is 0 Å². The van der Waals surface area contributed by atoms with Gasteiger partial charge in [0.2, 0.25) is 5.75 Å². The molecule has 0 aliphatic carbocycles. The maximum Gasteiger partial charge on any atom is 0.203 e. The number of benzene rings is 1. The van der Waals surface area contributed by atoms with Crippen molar-refractivity contribution in [3.05, 3.63) is 34.0 Å². The van der Waals surface area contributed by atoms with Crippen LogP contribution in [0.5, 0.6) is 17.2 Å². The number of rotatable bonds is 7. The summed E-state index contributed by atoms with van der Waals surface area (Å²) in [6.45, 7) is 1.42. The largest absolute Gasteiger partial charge is 0.493 e. The number of nitrogens with one attached hydrogen (secondary N) is 1. The van der Waals surface area contributed by atoms with Crippen molar-refractivity contribution in [2.75, 3.05) is 27.1 Å². The van der Waals surface area contributed by atoms with Crippen LogP contribution in [0, 0.1) is 0 Å². The van der Waals surface area contributed by atoms with Crippen LogP contribution in [-0.2, 0) is 13.1 Å². The van der Waals surface area contributed by atoms with E-state index in [4.69, 9.17) is 19.9 Å². The Kier molecular flexibility index (Phi) is 5.30. The quantitative estimate of drug-likeness (QED) is 0.823. The van der Waals surface area contributed by atoms with Gasteiger partial charge in [0.15, 0.2) is 11.5 Å². The first-order valence-corrected chi connectivity index (χ1v) is 7.39. The van der Waals surface area contributed by atoms with Crippen molar-refractivity contribution < 1.29 is 14.2 Å². The number of nitrogen functional groups attached to an aromatic ring is 1. The third-order valence-electron chi connectivity index (χ3n) is 3.12. The first-order valence-electron chi connectivity index (χ1n) is 6.51. The lowest BCUT2D eigenvalue weighted by atomic mass is 10.1. The highest BCUT2D eigenvalue weighted by molar-refractivity contribution is 7.10. The molecular weight excluding hydrogens is 288 g/mol. The van der Waals surface area contributed by atoms with Crippen LogP contribution in [0.25, 0.3) is 0 Å². The summed E-state index contributed by atoms with van der Waals surface area (Å²) in [6, 6.07) is 5.79. The highest BCUT2D eigenvalue weighted by Crippen LogP contribution is 2.38. The van der Waals surface area contributed by atoms with Crippen LogP contribution in [0.4, 0.5) is 5.69 Å². The van der Waals surface area contributed by atoms with Gasteiger partial charge in [-0.1, -0.05) is 0 Å². The third kappa shape index (κ3) is 3.59. The summed E-state index contributed by atoms with van der Waals surface area (Å²) >= 11 is 1.65. The molecule has 5 nitrogen and oxygen atoms in total. The zero-order valence-corrected chi connectivity index (χ0v) is 13.3. The lowest BCUT2D eigenvalue weighted by Gasteiger charge is -2.14. The highest BCUT2D eigenvalue weighted by Gasteiger charge is 2.13. The number of thiophene rings is 1. The van der Waals surface area contributed by atoms with Crippen LogP contribution in [0.2, 0.25) is 0 Å². The van der Waals surface area contributed by atoms with Gasteiger partial charge in [0.05, 0.1) is 21.3 Å². The molecule has 3 N–H and O–H groups in total. The number of ether oxygens (including phenoxy) is 3. The summed E-state index contributed by atoms with van der Waals surface area (Å²) in [4.78, 5) is 1.14. The Labute approximate surface area is 128 Å². The average molecular weight is 308 g/mol. The van der Waals surface area contributed by atoms with E-state index in [0.717, 1.165) is 22.7 Å². The molecule has 114 valence electrons. The Morgan fingerprint density at radius 1 is 1.05 bits per heavy atom. The molecule has 0 bridgehead atoms. The summed E-state index contributed by atoms with van der Waals surface area (Å²) in [7, 11) is 4.82. The van der Waals surface area contributed by atoms with Gasteiger partial charge >= 0.3 is 0 Å². The molecule has 6 heteroatoms. The lowest BCUT2D eigenvalue weighted by molar-refractivity contribution is 0.323. The Morgan fingerprint density at radius 3 is 2.19 bits per heavy atom. The predicted molar refractivity (Wildman–Crippen MR) is 85.4 cm³/mol. The maximum atomic E-state index is 5.86. The van der Waals surface area contributed by atoms with E-state index in [9.17, 15) is 0 Å². The third-order valence-corrected chi connectivity index (χ3v) is 4.06. The normalized spacial score (nSPS) is 10.4. The van der Waals surface area contributed by atoms with Crippen LogP contribution < -0.4 is 25.3 Å². The fraction of sp³-hybridized carbons (Fsp3) is 0.333. The molecule has 1 heterocycles. The van der Waals surface area contributed by atoms with Crippen molar-refractivity contribution in [2.24, 2.45) is 0 Å². The highest BCUT2D eigenvalue weighted by atomic mass is 32.1. The van der Waals surface area contributed by atoms with E-state index in [1.807, 2.05) is 23.6 Å². The molecule has 0 saturated heterocycles. The predicted octanol–water partition coefficient (Wildman–Crippen LogP) is 2.65. The fourth-order valence-electron chi connectivity index (χ4n) is 2.05. The number of anilines is 1. The number of hydrogen-bond acceptors (Lipinski definition) is 6. The smallest absolute Gasteiger partial charge is 0.203 e. The molecule has 0 amide bonds. The molecule has 21 heavy (non-hydrogen) atoms. The fourth-order valence-corrected chi connectivity index (χ4v) is 2.82. The first-order chi connectivity index (χ1) is 10.2. The topological polar surface area (TPSA) is 65.7 Å². The molecule has 0 spiro atoms. The van der Waals surface area contributed by atoms with Gasteiger partial charge in [-0.3, -0.25) is 0 Å². The monoisotopic (exact) mass is 308 g/mol. The van der Waals surface area contributed by atoms with Crippen LogP contribution in [-0.4, -0.2) is 21.3 Å². The van der Waals surface area contributed by atoms with Gasteiger partial charge in [-0.05, 0) is 29.1 Å². The van der Waals surface area contributed by atoms with Crippen molar-refractivity contribution in [3.63, 3.8) is 0 Å². The SMILES string of the molecule is COc1cc(CNCc2sccc2N)cc(OC)c1OC. The Morgan fingerprint density at radius 2 is 1.71 bits per heavy atom. The van der Waals surface area contributed by atoms with Crippen molar-refractivity contribution in [1.29, 1.82) is 0 Å². The molecule has 1 aromatic carbocycles. The second-order valence-corrected chi connectivity index (χ2v) is 5.44. The van der Waals surface area contributed by atoms with Crippen molar-refractivity contribution in [2.45, 2.75) is 13.1 Å². The van der Waals surface area contributed by atoms with Crippen molar-refractivity contribution in [3.8, 4) is 17.2 Å². The average Bonchev–Trinajstić information content (AvgIpc) is 2.91. The van der Waals surface area contributed by atoms with E-state index in [0.29, 0.717) is 23.8 Å². The van der Waals surface area contributed by atoms with Gasteiger partial charge in [-0.2, -0.15) is 0 Å². The number of hydrogen-bond donors (Lipinski definition) is 2. The Balaban J connectivity index is 2.08. The second kappa shape index (κ2) is 7.19. The van der Waals surface area contributed by atoms with Crippen LogP contribution in [0.1, 0.15) is 10.4 Å². The second-order valence-electron chi connectivity index (χ2n) is 4.44. The minimum atomic E-state index is 0.603. The van der Waals surface area contributed by atoms with E-state index >= 15 is 0 Å². The molecule has 0 aliphatic heterocycles. The Bertz CT molecular complexity index is 573. The molecule has 0 unspecified atom stereocenters. The van der Waals surface area contributed by atoms with Crippen LogP contribution >= 0.6 is 11.3 Å². The molecule has 0 radical (unpaired) electrons. The van der Waals surface area contributed by atoms with Gasteiger partial charge in [-0.25, -0.2) is 0 Å². The van der Waals surface area contributed by atoms with E-state index in [-0.39, 0.29) is 0 Å². The maximum absolute atomic E-state index is 5.86. The number of nitrogens with two attached hydrogens (primary N) is 1. The minimum absolute atomic E-state index is 0.603. The molecule has 0 atom stereocenters. The molecule has 0 fully saturated rings. The Hall–Kier alpha value is -1.92. The summed E-state index contributed by atoms with van der Waals surface area (Å²) in [6.07, 6.45) is 0. The molecular formula is C15H20N2O3S. The summed E-state index contributed by atoms with van der Waals surface area (Å²) in [5.41, 5.74) is 7.75. The van der Waals surface area contributed by atoms with Gasteiger partial charge in [0, 0.05) is 23.7 Å². The van der Waals surface area contributed by atoms with Gasteiger partial charge in [-0.15, -0.1) is 11.3 Å². The zero-order valence-electron chi connectivity index (χ0n) is 12.4. The van der Waals surface area contributed by atoms with E-state index < -0.39 is 0 Å².